The third kappa shape index (κ3) is 6.43. The maximum absolute atomic E-state index is 11.4. The average molecular weight is 229 g/mol. The van der Waals surface area contributed by atoms with E-state index in [1.165, 1.54) is 0 Å². The minimum Gasteiger partial charge on any atom is -0.481 e. The summed E-state index contributed by atoms with van der Waals surface area (Å²) in [5, 5.41) is 8.47. The van der Waals surface area contributed by atoms with Gasteiger partial charge in [-0.3, -0.25) is 9.59 Å². The van der Waals surface area contributed by atoms with Crippen molar-refractivity contribution in [3.05, 3.63) is 0 Å². The molecule has 0 aliphatic heterocycles. The molecule has 0 aromatic carbocycles. The molecule has 1 N–H and O–H groups in total. The maximum atomic E-state index is 11.4. The molecule has 4 nitrogen and oxygen atoms in total. The summed E-state index contributed by atoms with van der Waals surface area (Å²) < 4.78 is 0. The van der Waals surface area contributed by atoms with Crippen molar-refractivity contribution in [3.8, 4) is 0 Å². The first-order chi connectivity index (χ1) is 7.25. The lowest BCUT2D eigenvalue weighted by Gasteiger charge is -2.35. The second kappa shape index (κ2) is 6.51. The first kappa shape index (κ1) is 14.9. The minimum atomic E-state index is -0.751. The predicted molar refractivity (Wildman–Crippen MR) is 63.2 cm³/mol. The van der Waals surface area contributed by atoms with Crippen LogP contribution in [0, 0.1) is 0 Å². The summed E-state index contributed by atoms with van der Waals surface area (Å²) in [6.07, 6.45) is 2.62. The van der Waals surface area contributed by atoms with Crippen LogP contribution in [0.25, 0.3) is 0 Å². The number of unbranched alkanes of at least 4 members (excludes halogenated alkanes) is 2. The quantitative estimate of drug-likeness (QED) is 0.711. The Morgan fingerprint density at radius 3 is 2.06 bits per heavy atom. The monoisotopic (exact) mass is 229 g/mol. The molecule has 0 aliphatic rings. The molecular weight excluding hydrogens is 206 g/mol. The summed E-state index contributed by atoms with van der Waals surface area (Å²) in [5.74, 6) is -0.676. The third-order valence-electron chi connectivity index (χ3n) is 2.46. The highest BCUT2D eigenvalue weighted by atomic mass is 16.4. The van der Waals surface area contributed by atoms with E-state index in [0.717, 1.165) is 12.8 Å². The zero-order valence-electron chi connectivity index (χ0n) is 10.7. The van der Waals surface area contributed by atoms with Crippen molar-refractivity contribution >= 4 is 11.9 Å². The Morgan fingerprint density at radius 1 is 1.12 bits per heavy atom. The molecule has 4 heteroatoms. The first-order valence-corrected chi connectivity index (χ1v) is 5.75. The number of rotatable bonds is 6. The number of carbonyl (C=O) groups excluding carboxylic acids is 1. The van der Waals surface area contributed by atoms with Crippen molar-refractivity contribution in [2.24, 2.45) is 0 Å². The molecule has 0 unspecified atom stereocenters. The summed E-state index contributed by atoms with van der Waals surface area (Å²) >= 11 is 0. The molecule has 0 saturated heterocycles. The van der Waals surface area contributed by atoms with E-state index in [9.17, 15) is 9.59 Å². The Hall–Kier alpha value is -1.06. The molecule has 0 fully saturated rings. The van der Waals surface area contributed by atoms with Crippen molar-refractivity contribution in [1.82, 2.24) is 4.90 Å². The van der Waals surface area contributed by atoms with E-state index in [0.29, 0.717) is 13.0 Å². The van der Waals surface area contributed by atoms with Crippen molar-refractivity contribution in [3.63, 3.8) is 0 Å². The highest BCUT2D eigenvalue weighted by Crippen LogP contribution is 2.15. The molecule has 0 aliphatic carbocycles. The molecule has 1 amide bonds. The molecule has 0 spiro atoms. The summed E-state index contributed by atoms with van der Waals surface area (Å²) in [5.41, 5.74) is -0.154. The lowest BCUT2D eigenvalue weighted by atomic mass is 10.0. The molecule has 0 heterocycles. The SMILES string of the molecule is CC(=O)N(CCCCCC(=O)O)C(C)(C)C. The number of hydrogen-bond donors (Lipinski definition) is 1. The van der Waals surface area contributed by atoms with Gasteiger partial charge in [-0.2, -0.15) is 0 Å². The van der Waals surface area contributed by atoms with Gasteiger partial charge in [-0.25, -0.2) is 0 Å². The van der Waals surface area contributed by atoms with Gasteiger partial charge in [0, 0.05) is 25.4 Å². The second-order valence-corrected chi connectivity index (χ2v) is 5.05. The number of nitrogens with zero attached hydrogens (tertiary/aromatic N) is 1. The van der Waals surface area contributed by atoms with Crippen LogP contribution in [0.5, 0.6) is 0 Å². The van der Waals surface area contributed by atoms with Gasteiger partial charge in [-0.1, -0.05) is 6.42 Å². The number of carbonyl (C=O) groups is 2. The first-order valence-electron chi connectivity index (χ1n) is 5.75. The summed E-state index contributed by atoms with van der Waals surface area (Å²) in [4.78, 5) is 23.5. The van der Waals surface area contributed by atoms with Crippen LogP contribution < -0.4 is 0 Å². The summed E-state index contributed by atoms with van der Waals surface area (Å²) in [7, 11) is 0. The van der Waals surface area contributed by atoms with E-state index in [1.54, 1.807) is 6.92 Å². The lowest BCUT2D eigenvalue weighted by Crippen LogP contribution is -2.44. The van der Waals surface area contributed by atoms with Crippen molar-refractivity contribution in [2.75, 3.05) is 6.54 Å². The van der Waals surface area contributed by atoms with Gasteiger partial charge in [0.2, 0.25) is 5.91 Å². The molecular formula is C12H23NO3. The van der Waals surface area contributed by atoms with Crippen LogP contribution in [0.15, 0.2) is 0 Å². The standard InChI is InChI=1S/C12H23NO3/c1-10(14)13(12(2,3)4)9-7-5-6-8-11(15)16/h5-9H2,1-4H3,(H,15,16). The molecule has 0 saturated carbocycles. The molecule has 0 bridgehead atoms. The predicted octanol–water partition coefficient (Wildman–Crippen LogP) is 2.28. The Kier molecular flexibility index (Phi) is 6.08. The van der Waals surface area contributed by atoms with Gasteiger partial charge >= 0.3 is 5.97 Å². The van der Waals surface area contributed by atoms with E-state index in [-0.39, 0.29) is 17.9 Å². The van der Waals surface area contributed by atoms with E-state index in [4.69, 9.17) is 5.11 Å². The van der Waals surface area contributed by atoms with Crippen LogP contribution >= 0.6 is 0 Å². The maximum Gasteiger partial charge on any atom is 0.303 e. The molecule has 0 rings (SSSR count). The number of carboxylic acids is 1. The van der Waals surface area contributed by atoms with Gasteiger partial charge in [0.05, 0.1) is 0 Å². The zero-order chi connectivity index (χ0) is 12.8. The van der Waals surface area contributed by atoms with Gasteiger partial charge in [-0.05, 0) is 33.6 Å². The fraction of sp³-hybridized carbons (Fsp3) is 0.833. The minimum absolute atomic E-state index is 0.0748. The van der Waals surface area contributed by atoms with Gasteiger partial charge < -0.3 is 10.0 Å². The normalized spacial score (nSPS) is 11.2. The van der Waals surface area contributed by atoms with Crippen LogP contribution in [-0.2, 0) is 9.59 Å². The second-order valence-electron chi connectivity index (χ2n) is 5.05. The van der Waals surface area contributed by atoms with E-state index < -0.39 is 5.97 Å². The van der Waals surface area contributed by atoms with E-state index in [1.807, 2.05) is 25.7 Å². The van der Waals surface area contributed by atoms with Crippen LogP contribution in [0.2, 0.25) is 0 Å². The molecule has 0 aromatic rings. The van der Waals surface area contributed by atoms with E-state index >= 15 is 0 Å². The summed E-state index contributed by atoms with van der Waals surface area (Å²) in [6.45, 7) is 8.30. The Labute approximate surface area is 97.6 Å². The third-order valence-corrected chi connectivity index (χ3v) is 2.46. The van der Waals surface area contributed by atoms with Crippen LogP contribution in [0.4, 0.5) is 0 Å². The topological polar surface area (TPSA) is 57.6 Å². The van der Waals surface area contributed by atoms with E-state index in [2.05, 4.69) is 0 Å². The zero-order valence-corrected chi connectivity index (χ0v) is 10.7. The van der Waals surface area contributed by atoms with Crippen LogP contribution in [-0.4, -0.2) is 34.0 Å². The van der Waals surface area contributed by atoms with Crippen molar-refractivity contribution in [1.29, 1.82) is 0 Å². The number of hydrogen-bond acceptors (Lipinski definition) is 2. The Morgan fingerprint density at radius 2 is 1.69 bits per heavy atom. The van der Waals surface area contributed by atoms with Gasteiger partial charge in [0.15, 0.2) is 0 Å². The number of carboxylic acid groups (broad SMARTS) is 1. The molecule has 16 heavy (non-hydrogen) atoms. The highest BCUT2D eigenvalue weighted by molar-refractivity contribution is 5.74. The average Bonchev–Trinajstić information content (AvgIpc) is 2.07. The largest absolute Gasteiger partial charge is 0.481 e. The fourth-order valence-electron chi connectivity index (χ4n) is 1.69. The Balaban J connectivity index is 3.87. The molecule has 0 aromatic heterocycles. The smallest absolute Gasteiger partial charge is 0.303 e. The highest BCUT2D eigenvalue weighted by Gasteiger charge is 2.22. The van der Waals surface area contributed by atoms with Crippen molar-refractivity contribution < 1.29 is 14.7 Å². The number of aliphatic carboxylic acids is 1. The lowest BCUT2D eigenvalue weighted by molar-refractivity contribution is -0.137. The molecule has 94 valence electrons. The number of amides is 1. The van der Waals surface area contributed by atoms with Gasteiger partial charge in [0.1, 0.15) is 0 Å². The van der Waals surface area contributed by atoms with Gasteiger partial charge in [-0.15, -0.1) is 0 Å². The van der Waals surface area contributed by atoms with Crippen LogP contribution in [0.3, 0.4) is 0 Å². The fourth-order valence-corrected chi connectivity index (χ4v) is 1.69. The van der Waals surface area contributed by atoms with Crippen molar-refractivity contribution in [2.45, 2.75) is 58.9 Å². The van der Waals surface area contributed by atoms with Crippen LogP contribution in [0.1, 0.15) is 53.4 Å². The van der Waals surface area contributed by atoms with Gasteiger partial charge in [0.25, 0.3) is 0 Å². The Bertz CT molecular complexity index is 243. The summed E-state index contributed by atoms with van der Waals surface area (Å²) in [6, 6.07) is 0. The molecule has 0 atom stereocenters. The molecule has 0 radical (unpaired) electrons.